The molecule has 1 N–H and O–H groups in total. The van der Waals surface area contributed by atoms with Crippen LogP contribution in [-0.4, -0.2) is 28.5 Å². The molecule has 2 unspecified atom stereocenters. The van der Waals surface area contributed by atoms with Crippen molar-refractivity contribution < 1.29 is 4.74 Å². The number of nitrogens with zero attached hydrogens (tertiary/aromatic N) is 2. The summed E-state index contributed by atoms with van der Waals surface area (Å²) in [5.74, 6) is 2.39. The van der Waals surface area contributed by atoms with Gasteiger partial charge in [0.05, 0.1) is 17.3 Å². The van der Waals surface area contributed by atoms with Crippen molar-refractivity contribution in [1.82, 2.24) is 9.78 Å². The Balaban J connectivity index is 2.22. The number of aromatic nitrogens is 2. The lowest BCUT2D eigenvalue weighted by molar-refractivity contribution is 0.0232. The van der Waals surface area contributed by atoms with Crippen molar-refractivity contribution in [2.75, 3.05) is 11.9 Å². The minimum absolute atomic E-state index is 0.134. The molecule has 6 heteroatoms. The normalized spacial score (nSPS) is 22.8. The number of rotatable bonds is 3. The van der Waals surface area contributed by atoms with E-state index in [-0.39, 0.29) is 24.2 Å². The lowest BCUT2D eigenvalue weighted by Crippen LogP contribution is -2.35. The van der Waals surface area contributed by atoms with Gasteiger partial charge in [0, 0.05) is 12.6 Å². The number of halogens is 1. The van der Waals surface area contributed by atoms with Crippen LogP contribution in [0.15, 0.2) is 11.0 Å². The summed E-state index contributed by atoms with van der Waals surface area (Å²) >= 11 is 6.04. The SMILES string of the molecule is C#CCn1ncc(Cl)c(NC2CCOC(C)C2)c1=O. The summed E-state index contributed by atoms with van der Waals surface area (Å²) < 4.78 is 6.69. The van der Waals surface area contributed by atoms with Crippen LogP contribution in [-0.2, 0) is 11.3 Å². The van der Waals surface area contributed by atoms with Crippen LogP contribution in [0.5, 0.6) is 0 Å². The second-order valence-corrected chi connectivity index (χ2v) is 4.99. The molecular formula is C13H16ClN3O2. The van der Waals surface area contributed by atoms with Crippen LogP contribution in [0.4, 0.5) is 5.69 Å². The first-order valence-corrected chi connectivity index (χ1v) is 6.57. The first-order valence-electron chi connectivity index (χ1n) is 6.19. The van der Waals surface area contributed by atoms with E-state index in [1.807, 2.05) is 6.92 Å². The smallest absolute Gasteiger partial charge is 0.292 e. The number of terminal acetylenes is 1. The van der Waals surface area contributed by atoms with Gasteiger partial charge in [0.2, 0.25) is 0 Å². The van der Waals surface area contributed by atoms with Gasteiger partial charge in [-0.25, -0.2) is 4.68 Å². The van der Waals surface area contributed by atoms with Gasteiger partial charge < -0.3 is 10.1 Å². The van der Waals surface area contributed by atoms with Gasteiger partial charge in [-0.2, -0.15) is 5.10 Å². The first kappa shape index (κ1) is 13.9. The molecule has 0 amide bonds. The van der Waals surface area contributed by atoms with Crippen molar-refractivity contribution in [3.63, 3.8) is 0 Å². The Morgan fingerprint density at radius 2 is 2.53 bits per heavy atom. The van der Waals surface area contributed by atoms with Gasteiger partial charge >= 0.3 is 0 Å². The van der Waals surface area contributed by atoms with Crippen LogP contribution in [0.1, 0.15) is 19.8 Å². The summed E-state index contributed by atoms with van der Waals surface area (Å²) in [6.07, 6.45) is 8.50. The quantitative estimate of drug-likeness (QED) is 0.854. The van der Waals surface area contributed by atoms with E-state index in [2.05, 4.69) is 16.3 Å². The van der Waals surface area contributed by atoms with Crippen molar-refractivity contribution in [3.05, 3.63) is 21.6 Å². The van der Waals surface area contributed by atoms with Crippen molar-refractivity contribution in [2.45, 2.75) is 38.5 Å². The Hall–Kier alpha value is -1.51. The van der Waals surface area contributed by atoms with Crippen LogP contribution in [0, 0.1) is 12.3 Å². The van der Waals surface area contributed by atoms with Crippen LogP contribution < -0.4 is 10.9 Å². The average Bonchev–Trinajstić information content (AvgIpc) is 2.38. The van der Waals surface area contributed by atoms with Gasteiger partial charge in [-0.15, -0.1) is 6.42 Å². The lowest BCUT2D eigenvalue weighted by Gasteiger charge is -2.28. The van der Waals surface area contributed by atoms with Gasteiger partial charge in [-0.1, -0.05) is 17.5 Å². The largest absolute Gasteiger partial charge is 0.378 e. The fourth-order valence-electron chi connectivity index (χ4n) is 2.13. The van der Waals surface area contributed by atoms with Gasteiger partial charge in [0.15, 0.2) is 0 Å². The molecule has 2 rings (SSSR count). The van der Waals surface area contributed by atoms with Gasteiger partial charge in [0.1, 0.15) is 12.2 Å². The van der Waals surface area contributed by atoms with Crippen LogP contribution in [0.3, 0.4) is 0 Å². The molecule has 1 aliphatic heterocycles. The number of anilines is 1. The molecule has 0 radical (unpaired) electrons. The first-order chi connectivity index (χ1) is 9.11. The number of nitrogens with one attached hydrogen (secondary N) is 1. The molecule has 1 fully saturated rings. The molecule has 1 aromatic heterocycles. The maximum absolute atomic E-state index is 12.2. The molecule has 0 spiro atoms. The summed E-state index contributed by atoms with van der Waals surface area (Å²) in [6, 6.07) is 0.177. The molecular weight excluding hydrogens is 266 g/mol. The highest BCUT2D eigenvalue weighted by Crippen LogP contribution is 2.21. The summed E-state index contributed by atoms with van der Waals surface area (Å²) in [7, 11) is 0. The van der Waals surface area contributed by atoms with E-state index in [0.717, 1.165) is 12.8 Å². The third-order valence-corrected chi connectivity index (χ3v) is 3.36. The van der Waals surface area contributed by atoms with E-state index in [4.69, 9.17) is 22.8 Å². The second-order valence-electron chi connectivity index (χ2n) is 4.58. The fourth-order valence-corrected chi connectivity index (χ4v) is 2.31. The predicted octanol–water partition coefficient (Wildman–Crippen LogP) is 1.51. The number of ether oxygens (including phenoxy) is 1. The van der Waals surface area contributed by atoms with E-state index in [1.54, 1.807) is 0 Å². The molecule has 2 heterocycles. The zero-order valence-corrected chi connectivity index (χ0v) is 11.5. The lowest BCUT2D eigenvalue weighted by atomic mass is 10.0. The van der Waals surface area contributed by atoms with Crippen molar-refractivity contribution in [1.29, 1.82) is 0 Å². The van der Waals surface area contributed by atoms with Crippen molar-refractivity contribution >= 4 is 17.3 Å². The third-order valence-electron chi connectivity index (χ3n) is 3.07. The molecule has 1 aromatic rings. The van der Waals surface area contributed by atoms with Crippen LogP contribution in [0.2, 0.25) is 5.02 Å². The van der Waals surface area contributed by atoms with Crippen molar-refractivity contribution in [3.8, 4) is 12.3 Å². The molecule has 2 atom stereocenters. The molecule has 102 valence electrons. The summed E-state index contributed by atoms with van der Waals surface area (Å²) in [5, 5.41) is 7.41. The highest BCUT2D eigenvalue weighted by molar-refractivity contribution is 6.33. The summed E-state index contributed by atoms with van der Waals surface area (Å²) in [4.78, 5) is 12.2. The van der Waals surface area contributed by atoms with E-state index < -0.39 is 0 Å². The van der Waals surface area contributed by atoms with Gasteiger partial charge in [0.25, 0.3) is 5.56 Å². The van der Waals surface area contributed by atoms with Crippen LogP contribution >= 0.6 is 11.6 Å². The van der Waals surface area contributed by atoms with E-state index in [9.17, 15) is 4.79 Å². The molecule has 19 heavy (non-hydrogen) atoms. The Bertz CT molecular complexity index is 550. The van der Waals surface area contributed by atoms with Crippen LogP contribution in [0.25, 0.3) is 0 Å². The molecule has 0 aliphatic carbocycles. The summed E-state index contributed by atoms with van der Waals surface area (Å²) in [5.41, 5.74) is 0.0793. The Kier molecular flexibility index (Phi) is 4.46. The van der Waals surface area contributed by atoms with Gasteiger partial charge in [-0.3, -0.25) is 4.79 Å². The van der Waals surface area contributed by atoms with E-state index >= 15 is 0 Å². The minimum atomic E-state index is -0.287. The van der Waals surface area contributed by atoms with E-state index in [0.29, 0.717) is 17.3 Å². The Labute approximate surface area is 116 Å². The molecule has 5 nitrogen and oxygen atoms in total. The molecule has 0 saturated carbocycles. The maximum atomic E-state index is 12.2. The molecule has 0 aromatic carbocycles. The molecule has 0 bridgehead atoms. The highest BCUT2D eigenvalue weighted by Gasteiger charge is 2.21. The summed E-state index contributed by atoms with van der Waals surface area (Å²) in [6.45, 7) is 2.83. The number of hydrogen-bond acceptors (Lipinski definition) is 4. The fraction of sp³-hybridized carbons (Fsp3) is 0.538. The Morgan fingerprint density at radius 1 is 1.74 bits per heavy atom. The molecule has 1 saturated heterocycles. The topological polar surface area (TPSA) is 56.1 Å². The van der Waals surface area contributed by atoms with Crippen molar-refractivity contribution in [2.24, 2.45) is 0 Å². The second kappa shape index (κ2) is 6.09. The molecule has 1 aliphatic rings. The highest BCUT2D eigenvalue weighted by atomic mass is 35.5. The Morgan fingerprint density at radius 3 is 3.21 bits per heavy atom. The average molecular weight is 282 g/mol. The van der Waals surface area contributed by atoms with Gasteiger partial charge in [-0.05, 0) is 19.8 Å². The zero-order valence-electron chi connectivity index (χ0n) is 10.7. The third kappa shape index (κ3) is 3.28. The standard InChI is InChI=1S/C13H16ClN3O2/c1-3-5-17-13(18)12(11(14)8-15-17)16-10-4-6-19-9(2)7-10/h1,8-10,16H,4-7H2,2H3. The predicted molar refractivity (Wildman–Crippen MR) is 74.4 cm³/mol. The minimum Gasteiger partial charge on any atom is -0.378 e. The number of hydrogen-bond donors (Lipinski definition) is 1. The van der Waals surface area contributed by atoms with E-state index in [1.165, 1.54) is 10.9 Å². The maximum Gasteiger partial charge on any atom is 0.292 e. The monoisotopic (exact) mass is 281 g/mol. The zero-order chi connectivity index (χ0) is 13.8.